The van der Waals surface area contributed by atoms with Gasteiger partial charge >= 0.3 is 0 Å². The van der Waals surface area contributed by atoms with Crippen LogP contribution in [0.2, 0.25) is 0 Å². The van der Waals surface area contributed by atoms with Crippen molar-refractivity contribution in [3.05, 3.63) is 24.0 Å². The Balaban J connectivity index is 1.62. The molecule has 0 spiro atoms. The molecule has 3 rings (SSSR count). The van der Waals surface area contributed by atoms with E-state index in [2.05, 4.69) is 15.2 Å². The number of hydrogen-bond donors (Lipinski definition) is 2. The second-order valence-corrected chi connectivity index (χ2v) is 5.78. The molecule has 110 valence electrons. The number of methoxy groups -OCH3 is 1. The molecule has 1 saturated heterocycles. The van der Waals surface area contributed by atoms with Gasteiger partial charge < -0.3 is 19.9 Å². The lowest BCUT2D eigenvalue weighted by atomic mass is 9.89. The van der Waals surface area contributed by atoms with Gasteiger partial charge in [0.1, 0.15) is 5.69 Å². The van der Waals surface area contributed by atoms with Crippen LogP contribution in [0.4, 0.5) is 0 Å². The standard InChI is InChI=1S/C15H23N3O2/c1-20-13-9-11(10-13)17-15(19)14-3-2-8-18(14)12-4-6-16-7-5-12/h2-3,8,11-13,16H,4-7,9-10H2,1H3,(H,17,19). The Bertz CT molecular complexity index is 459. The second kappa shape index (κ2) is 5.97. The minimum atomic E-state index is 0.0492. The molecular weight excluding hydrogens is 254 g/mol. The van der Waals surface area contributed by atoms with E-state index in [4.69, 9.17) is 4.74 Å². The van der Waals surface area contributed by atoms with E-state index in [0.29, 0.717) is 12.1 Å². The van der Waals surface area contributed by atoms with E-state index in [1.807, 2.05) is 18.3 Å². The number of rotatable bonds is 4. The van der Waals surface area contributed by atoms with Crippen LogP contribution < -0.4 is 10.6 Å². The number of hydrogen-bond acceptors (Lipinski definition) is 3. The first-order valence-electron chi connectivity index (χ1n) is 7.49. The first-order valence-corrected chi connectivity index (χ1v) is 7.49. The van der Waals surface area contributed by atoms with Crippen LogP contribution in [-0.4, -0.2) is 42.8 Å². The average molecular weight is 277 g/mol. The lowest BCUT2D eigenvalue weighted by Gasteiger charge is -2.35. The predicted octanol–water partition coefficient (Wildman–Crippen LogP) is 1.32. The summed E-state index contributed by atoms with van der Waals surface area (Å²) in [6.45, 7) is 2.06. The molecule has 0 radical (unpaired) electrons. The van der Waals surface area contributed by atoms with Crippen molar-refractivity contribution in [1.82, 2.24) is 15.2 Å². The Morgan fingerprint density at radius 1 is 1.40 bits per heavy atom. The van der Waals surface area contributed by atoms with Crippen LogP contribution in [0.5, 0.6) is 0 Å². The minimum absolute atomic E-state index is 0.0492. The van der Waals surface area contributed by atoms with Crippen molar-refractivity contribution in [2.45, 2.75) is 43.9 Å². The monoisotopic (exact) mass is 277 g/mol. The molecule has 1 aromatic rings. The molecule has 5 heteroatoms. The van der Waals surface area contributed by atoms with Crippen molar-refractivity contribution in [1.29, 1.82) is 0 Å². The molecular formula is C15H23N3O2. The maximum atomic E-state index is 12.4. The summed E-state index contributed by atoms with van der Waals surface area (Å²) in [5.41, 5.74) is 0.790. The molecule has 2 fully saturated rings. The number of nitrogens with zero attached hydrogens (tertiary/aromatic N) is 1. The number of ether oxygens (including phenoxy) is 1. The lowest BCUT2D eigenvalue weighted by Crippen LogP contribution is -2.48. The fourth-order valence-corrected chi connectivity index (χ4v) is 3.12. The second-order valence-electron chi connectivity index (χ2n) is 5.78. The topological polar surface area (TPSA) is 55.3 Å². The largest absolute Gasteiger partial charge is 0.381 e. The Morgan fingerprint density at radius 3 is 2.85 bits per heavy atom. The molecule has 2 heterocycles. The van der Waals surface area contributed by atoms with E-state index in [1.54, 1.807) is 7.11 Å². The highest BCUT2D eigenvalue weighted by atomic mass is 16.5. The fourth-order valence-electron chi connectivity index (χ4n) is 3.12. The molecule has 1 aromatic heterocycles. The zero-order valence-corrected chi connectivity index (χ0v) is 12.0. The van der Waals surface area contributed by atoms with Crippen LogP contribution in [0.1, 0.15) is 42.2 Å². The van der Waals surface area contributed by atoms with Crippen molar-refractivity contribution in [3.8, 4) is 0 Å². The van der Waals surface area contributed by atoms with Crippen LogP contribution in [0.3, 0.4) is 0 Å². The third-order valence-electron chi connectivity index (χ3n) is 4.48. The summed E-state index contributed by atoms with van der Waals surface area (Å²) in [6, 6.07) is 4.60. The van der Waals surface area contributed by atoms with Gasteiger partial charge in [0.2, 0.25) is 0 Å². The molecule has 0 unspecified atom stereocenters. The molecule has 1 amide bonds. The third kappa shape index (κ3) is 2.74. The Morgan fingerprint density at radius 2 is 2.15 bits per heavy atom. The molecule has 0 bridgehead atoms. The van der Waals surface area contributed by atoms with Gasteiger partial charge in [0, 0.05) is 25.4 Å². The van der Waals surface area contributed by atoms with Crippen molar-refractivity contribution in [2.24, 2.45) is 0 Å². The summed E-state index contributed by atoms with van der Waals surface area (Å²) < 4.78 is 7.39. The van der Waals surface area contributed by atoms with E-state index in [1.165, 1.54) is 0 Å². The number of nitrogens with one attached hydrogen (secondary N) is 2. The fraction of sp³-hybridized carbons (Fsp3) is 0.667. The maximum absolute atomic E-state index is 12.4. The number of carbonyl (C=O) groups is 1. The lowest BCUT2D eigenvalue weighted by molar-refractivity contribution is 0.0174. The van der Waals surface area contributed by atoms with E-state index in [9.17, 15) is 4.79 Å². The zero-order chi connectivity index (χ0) is 13.9. The highest BCUT2D eigenvalue weighted by Gasteiger charge is 2.31. The molecule has 1 aliphatic carbocycles. The Hall–Kier alpha value is -1.33. The molecule has 2 aliphatic rings. The van der Waals surface area contributed by atoms with Crippen molar-refractivity contribution in [2.75, 3.05) is 20.2 Å². The minimum Gasteiger partial charge on any atom is -0.381 e. The Kier molecular flexibility index (Phi) is 4.08. The summed E-state index contributed by atoms with van der Waals surface area (Å²) in [4.78, 5) is 12.4. The highest BCUT2D eigenvalue weighted by Crippen LogP contribution is 2.24. The van der Waals surface area contributed by atoms with Gasteiger partial charge in [-0.3, -0.25) is 4.79 Å². The van der Waals surface area contributed by atoms with Crippen molar-refractivity contribution in [3.63, 3.8) is 0 Å². The first-order chi connectivity index (χ1) is 9.78. The van der Waals surface area contributed by atoms with E-state index >= 15 is 0 Å². The van der Waals surface area contributed by atoms with Gasteiger partial charge in [0.25, 0.3) is 5.91 Å². The van der Waals surface area contributed by atoms with Gasteiger partial charge in [-0.05, 0) is 50.9 Å². The van der Waals surface area contributed by atoms with Gasteiger partial charge in [-0.25, -0.2) is 0 Å². The van der Waals surface area contributed by atoms with Crippen molar-refractivity contribution < 1.29 is 9.53 Å². The quantitative estimate of drug-likeness (QED) is 0.873. The molecule has 1 saturated carbocycles. The smallest absolute Gasteiger partial charge is 0.268 e. The summed E-state index contributed by atoms with van der Waals surface area (Å²) in [5, 5.41) is 6.47. The Labute approximate surface area is 119 Å². The maximum Gasteiger partial charge on any atom is 0.268 e. The summed E-state index contributed by atoms with van der Waals surface area (Å²) in [6.07, 6.45) is 6.38. The van der Waals surface area contributed by atoms with Gasteiger partial charge in [-0.2, -0.15) is 0 Å². The summed E-state index contributed by atoms with van der Waals surface area (Å²) in [7, 11) is 1.73. The normalized spacial score (nSPS) is 27.1. The number of amides is 1. The van der Waals surface area contributed by atoms with Gasteiger partial charge in [-0.15, -0.1) is 0 Å². The van der Waals surface area contributed by atoms with Crippen LogP contribution in [-0.2, 0) is 4.74 Å². The third-order valence-corrected chi connectivity index (χ3v) is 4.48. The van der Waals surface area contributed by atoms with Crippen LogP contribution in [0, 0.1) is 0 Å². The average Bonchev–Trinajstić information content (AvgIpc) is 2.92. The molecule has 5 nitrogen and oxygen atoms in total. The van der Waals surface area contributed by atoms with Crippen LogP contribution >= 0.6 is 0 Å². The van der Waals surface area contributed by atoms with E-state index in [-0.39, 0.29) is 11.9 Å². The molecule has 0 atom stereocenters. The predicted molar refractivity (Wildman–Crippen MR) is 76.9 cm³/mol. The van der Waals surface area contributed by atoms with Crippen LogP contribution in [0.25, 0.3) is 0 Å². The van der Waals surface area contributed by atoms with Gasteiger partial charge in [0.05, 0.1) is 6.10 Å². The van der Waals surface area contributed by atoms with Gasteiger partial charge in [-0.1, -0.05) is 0 Å². The van der Waals surface area contributed by atoms with Crippen molar-refractivity contribution >= 4 is 5.91 Å². The van der Waals surface area contributed by atoms with Gasteiger partial charge in [0.15, 0.2) is 0 Å². The highest BCUT2D eigenvalue weighted by molar-refractivity contribution is 5.93. The SMILES string of the molecule is COC1CC(NC(=O)c2cccn2C2CCNCC2)C1. The summed E-state index contributed by atoms with van der Waals surface area (Å²) in [5.74, 6) is 0.0492. The van der Waals surface area contributed by atoms with E-state index < -0.39 is 0 Å². The number of aromatic nitrogens is 1. The molecule has 2 N–H and O–H groups in total. The van der Waals surface area contributed by atoms with E-state index in [0.717, 1.165) is 44.5 Å². The molecule has 0 aromatic carbocycles. The first kappa shape index (κ1) is 13.6. The number of piperidine rings is 1. The zero-order valence-electron chi connectivity index (χ0n) is 12.0. The number of carbonyl (C=O) groups excluding carboxylic acids is 1. The molecule has 20 heavy (non-hydrogen) atoms. The molecule has 1 aliphatic heterocycles. The summed E-state index contributed by atoms with van der Waals surface area (Å²) >= 11 is 0. The van der Waals surface area contributed by atoms with Crippen LogP contribution in [0.15, 0.2) is 18.3 Å².